The van der Waals surface area contributed by atoms with Crippen LogP contribution in [-0.2, 0) is 0 Å². The Balaban J connectivity index is 0. The van der Waals surface area contributed by atoms with Crippen molar-refractivity contribution in [2.75, 3.05) is 40.9 Å². The molecular weight excluding hydrogens is 178 g/mol. The topological polar surface area (TPSA) is 40.5 Å². The molecule has 0 rings (SSSR count). The Kier molecular flexibility index (Phi) is 6.14. The van der Waals surface area contributed by atoms with E-state index in [2.05, 4.69) is 0 Å². The zero-order valence-electron chi connectivity index (χ0n) is 8.34. The van der Waals surface area contributed by atoms with Gasteiger partial charge in [-0.3, -0.25) is 0 Å². The van der Waals surface area contributed by atoms with Crippen LogP contribution in [0.15, 0.2) is 0 Å². The standard InChI is InChI=1S/C8H20NO2.ClH/c1-8(6-10,7-11)5-9(2,3)4;/h10-11H,5-7H2,1-4H3;1H/q+1;/p-1. The molecule has 0 saturated heterocycles. The second-order valence-electron chi connectivity index (χ2n) is 4.58. The molecule has 4 heteroatoms. The van der Waals surface area contributed by atoms with Gasteiger partial charge in [-0.05, 0) is 6.92 Å². The van der Waals surface area contributed by atoms with Crippen LogP contribution < -0.4 is 12.4 Å². The first kappa shape index (κ1) is 14.7. The van der Waals surface area contributed by atoms with E-state index in [1.54, 1.807) is 0 Å². The van der Waals surface area contributed by atoms with Crippen LogP contribution in [0.5, 0.6) is 0 Å². The average Bonchev–Trinajstić information content (AvgIpc) is 1.84. The van der Waals surface area contributed by atoms with Crippen LogP contribution >= 0.6 is 0 Å². The van der Waals surface area contributed by atoms with Gasteiger partial charge in [-0.25, -0.2) is 0 Å². The Morgan fingerprint density at radius 2 is 1.42 bits per heavy atom. The van der Waals surface area contributed by atoms with E-state index in [1.807, 2.05) is 28.1 Å². The zero-order chi connectivity index (χ0) is 9.12. The Bertz CT molecular complexity index is 119. The molecule has 0 saturated carbocycles. The zero-order valence-corrected chi connectivity index (χ0v) is 9.10. The van der Waals surface area contributed by atoms with Crippen LogP contribution in [0.2, 0.25) is 0 Å². The van der Waals surface area contributed by atoms with Crippen molar-refractivity contribution in [1.29, 1.82) is 0 Å². The molecule has 0 aliphatic rings. The molecule has 0 spiro atoms. The Morgan fingerprint density at radius 1 is 1.08 bits per heavy atom. The smallest absolute Gasteiger partial charge is 0.0879 e. The number of quaternary nitrogens is 1. The minimum Gasteiger partial charge on any atom is -1.00 e. The lowest BCUT2D eigenvalue weighted by Gasteiger charge is -2.34. The van der Waals surface area contributed by atoms with E-state index in [0.717, 1.165) is 11.0 Å². The predicted octanol–water partition coefficient (Wildman–Crippen LogP) is -3.31. The number of halogens is 1. The van der Waals surface area contributed by atoms with Crippen LogP contribution in [-0.4, -0.2) is 55.6 Å². The molecule has 2 N–H and O–H groups in total. The molecule has 12 heavy (non-hydrogen) atoms. The molecule has 0 bridgehead atoms. The summed E-state index contributed by atoms with van der Waals surface area (Å²) < 4.78 is 0.762. The van der Waals surface area contributed by atoms with Crippen molar-refractivity contribution in [2.45, 2.75) is 6.92 Å². The molecule has 0 aromatic rings. The highest BCUT2D eigenvalue weighted by molar-refractivity contribution is 4.70. The van der Waals surface area contributed by atoms with Crippen molar-refractivity contribution < 1.29 is 27.1 Å². The second kappa shape index (κ2) is 5.02. The van der Waals surface area contributed by atoms with E-state index >= 15 is 0 Å². The van der Waals surface area contributed by atoms with E-state index in [4.69, 9.17) is 10.2 Å². The molecule has 0 amide bonds. The average molecular weight is 198 g/mol. The fourth-order valence-corrected chi connectivity index (χ4v) is 1.30. The molecule has 76 valence electrons. The third-order valence-corrected chi connectivity index (χ3v) is 1.62. The van der Waals surface area contributed by atoms with Crippen LogP contribution in [0.1, 0.15) is 6.92 Å². The minimum atomic E-state index is -0.349. The number of nitrogens with zero attached hydrogens (tertiary/aromatic N) is 1. The lowest BCUT2D eigenvalue weighted by molar-refractivity contribution is -0.877. The molecule has 0 radical (unpaired) electrons. The van der Waals surface area contributed by atoms with Gasteiger partial charge in [0.2, 0.25) is 0 Å². The maximum Gasteiger partial charge on any atom is 0.0879 e. The summed E-state index contributed by atoms with van der Waals surface area (Å²) in [7, 11) is 6.14. The maximum atomic E-state index is 8.98. The SMILES string of the molecule is CC(CO)(CO)C[N+](C)(C)C.[Cl-]. The Morgan fingerprint density at radius 3 is 1.50 bits per heavy atom. The number of rotatable bonds is 4. The number of hydrogen-bond donors (Lipinski definition) is 2. The molecule has 3 nitrogen and oxygen atoms in total. The van der Waals surface area contributed by atoms with Gasteiger partial charge in [-0.2, -0.15) is 0 Å². The van der Waals surface area contributed by atoms with Gasteiger partial charge >= 0.3 is 0 Å². The lowest BCUT2D eigenvalue weighted by atomic mass is 9.92. The summed E-state index contributed by atoms with van der Waals surface area (Å²) in [4.78, 5) is 0. The van der Waals surface area contributed by atoms with Crippen molar-refractivity contribution in [3.63, 3.8) is 0 Å². The maximum absolute atomic E-state index is 8.98. The van der Waals surface area contributed by atoms with Gasteiger partial charge in [-0.15, -0.1) is 0 Å². The highest BCUT2D eigenvalue weighted by Crippen LogP contribution is 2.17. The first-order valence-electron chi connectivity index (χ1n) is 3.85. The van der Waals surface area contributed by atoms with Gasteiger partial charge in [0.1, 0.15) is 0 Å². The van der Waals surface area contributed by atoms with Gasteiger partial charge in [0.25, 0.3) is 0 Å². The second-order valence-corrected chi connectivity index (χ2v) is 4.58. The number of aliphatic hydroxyl groups is 2. The molecule has 0 unspecified atom stereocenters. The lowest BCUT2D eigenvalue weighted by Crippen LogP contribution is -3.00. The summed E-state index contributed by atoms with van der Waals surface area (Å²) >= 11 is 0. The van der Waals surface area contributed by atoms with Gasteiger partial charge in [0.05, 0.1) is 46.3 Å². The molecule has 0 heterocycles. The minimum absolute atomic E-state index is 0. The Hall–Kier alpha value is 0.170. The van der Waals surface area contributed by atoms with Crippen LogP contribution in [0, 0.1) is 5.41 Å². The van der Waals surface area contributed by atoms with Crippen molar-refractivity contribution in [3.8, 4) is 0 Å². The summed E-state index contributed by atoms with van der Waals surface area (Å²) in [5, 5.41) is 18.0. The van der Waals surface area contributed by atoms with Gasteiger partial charge in [0.15, 0.2) is 0 Å². The van der Waals surface area contributed by atoms with Crippen molar-refractivity contribution >= 4 is 0 Å². The normalized spacial score (nSPS) is 12.5. The van der Waals surface area contributed by atoms with Crippen molar-refractivity contribution in [2.24, 2.45) is 5.41 Å². The van der Waals surface area contributed by atoms with Crippen LogP contribution in [0.3, 0.4) is 0 Å². The van der Waals surface area contributed by atoms with E-state index < -0.39 is 0 Å². The fraction of sp³-hybridized carbons (Fsp3) is 1.00. The molecule has 0 atom stereocenters. The number of hydrogen-bond acceptors (Lipinski definition) is 2. The third-order valence-electron chi connectivity index (χ3n) is 1.62. The molecule has 0 aromatic heterocycles. The van der Waals surface area contributed by atoms with Crippen molar-refractivity contribution in [3.05, 3.63) is 0 Å². The van der Waals surface area contributed by atoms with E-state index in [1.165, 1.54) is 0 Å². The molecular formula is C8H20ClNO2. The summed E-state index contributed by atoms with van der Waals surface area (Å²) in [5.74, 6) is 0. The summed E-state index contributed by atoms with van der Waals surface area (Å²) in [6, 6.07) is 0. The first-order chi connectivity index (χ1) is 4.83. The quantitative estimate of drug-likeness (QED) is 0.464. The van der Waals surface area contributed by atoms with Crippen LogP contribution in [0.25, 0.3) is 0 Å². The largest absolute Gasteiger partial charge is 1.00 e. The molecule has 0 aliphatic carbocycles. The van der Waals surface area contributed by atoms with E-state index in [0.29, 0.717) is 0 Å². The fourth-order valence-electron chi connectivity index (χ4n) is 1.30. The molecule has 0 aliphatic heterocycles. The summed E-state index contributed by atoms with van der Waals surface area (Å²) in [5.41, 5.74) is -0.349. The highest BCUT2D eigenvalue weighted by Gasteiger charge is 2.29. The Labute approximate surface area is 81.0 Å². The van der Waals surface area contributed by atoms with Gasteiger partial charge in [-0.1, -0.05) is 0 Å². The van der Waals surface area contributed by atoms with E-state index in [9.17, 15) is 0 Å². The monoisotopic (exact) mass is 197 g/mol. The van der Waals surface area contributed by atoms with E-state index in [-0.39, 0.29) is 31.0 Å². The highest BCUT2D eigenvalue weighted by atomic mass is 35.5. The number of aliphatic hydroxyl groups excluding tert-OH is 2. The van der Waals surface area contributed by atoms with Gasteiger partial charge < -0.3 is 27.1 Å². The third kappa shape index (κ3) is 5.77. The van der Waals surface area contributed by atoms with Crippen molar-refractivity contribution in [1.82, 2.24) is 0 Å². The molecule has 0 fully saturated rings. The first-order valence-corrected chi connectivity index (χ1v) is 3.85. The van der Waals surface area contributed by atoms with Gasteiger partial charge in [0, 0.05) is 0 Å². The van der Waals surface area contributed by atoms with Crippen LogP contribution in [0.4, 0.5) is 0 Å². The summed E-state index contributed by atoms with van der Waals surface area (Å²) in [6.45, 7) is 2.74. The molecule has 0 aromatic carbocycles. The predicted molar refractivity (Wildman–Crippen MR) is 45.2 cm³/mol. The summed E-state index contributed by atoms with van der Waals surface area (Å²) in [6.07, 6.45) is 0.